The third kappa shape index (κ3) is 3.94. The zero-order valence-electron chi connectivity index (χ0n) is 14.2. The number of carbonyl (C=O) groups excluding carboxylic acids is 1. The molecule has 0 aromatic heterocycles. The van der Waals surface area contributed by atoms with Crippen LogP contribution in [0.4, 0.5) is 4.39 Å². The number of carbonyl (C=O) groups is 1. The highest BCUT2D eigenvalue weighted by atomic mass is 19.1. The molecule has 6 heteroatoms. The van der Waals surface area contributed by atoms with Crippen molar-refractivity contribution in [1.29, 1.82) is 0 Å². The zero-order valence-corrected chi connectivity index (χ0v) is 14.2. The van der Waals surface area contributed by atoms with E-state index in [4.69, 9.17) is 4.74 Å². The molecule has 2 aliphatic rings. The highest BCUT2D eigenvalue weighted by molar-refractivity contribution is 5.83. The highest BCUT2D eigenvalue weighted by Crippen LogP contribution is 2.26. The molecule has 2 atom stereocenters. The summed E-state index contributed by atoms with van der Waals surface area (Å²) in [7, 11) is 1.94. The van der Waals surface area contributed by atoms with Crippen LogP contribution in [-0.2, 0) is 9.53 Å². The molecule has 0 bridgehead atoms. The molecule has 2 heterocycles. The number of amides is 1. The molecule has 24 heavy (non-hydrogen) atoms. The van der Waals surface area contributed by atoms with Crippen LogP contribution in [0.25, 0.3) is 0 Å². The lowest BCUT2D eigenvalue weighted by atomic mass is 10.00. The smallest absolute Gasteiger partial charge is 0.244 e. The van der Waals surface area contributed by atoms with Crippen LogP contribution in [0.15, 0.2) is 24.3 Å². The monoisotopic (exact) mass is 335 g/mol. The first-order chi connectivity index (χ1) is 11.7. The molecule has 5 nitrogen and oxygen atoms in total. The Hall–Kier alpha value is -1.50. The van der Waals surface area contributed by atoms with Gasteiger partial charge < -0.3 is 15.0 Å². The van der Waals surface area contributed by atoms with Crippen molar-refractivity contribution in [3.8, 4) is 0 Å². The van der Waals surface area contributed by atoms with Gasteiger partial charge in [0.15, 0.2) is 0 Å². The number of hydrogen-bond acceptors (Lipinski definition) is 4. The number of halogens is 1. The van der Waals surface area contributed by atoms with E-state index in [1.54, 1.807) is 6.07 Å². The van der Waals surface area contributed by atoms with Gasteiger partial charge in [-0.3, -0.25) is 9.69 Å². The second-order valence-electron chi connectivity index (χ2n) is 6.52. The summed E-state index contributed by atoms with van der Waals surface area (Å²) in [4.78, 5) is 17.3. The molecule has 1 amide bonds. The molecule has 0 radical (unpaired) electrons. The van der Waals surface area contributed by atoms with E-state index in [0.717, 1.165) is 24.9 Å². The van der Waals surface area contributed by atoms with Crippen LogP contribution in [0.1, 0.15) is 24.4 Å². The van der Waals surface area contributed by atoms with Crippen molar-refractivity contribution in [2.75, 3.05) is 46.4 Å². The predicted molar refractivity (Wildman–Crippen MR) is 90.2 cm³/mol. The molecule has 0 saturated carbocycles. The molecular formula is C18H26FN3O2. The predicted octanol–water partition coefficient (Wildman–Crippen LogP) is 1.41. The van der Waals surface area contributed by atoms with Crippen LogP contribution in [0, 0.1) is 5.82 Å². The maximum atomic E-state index is 13.7. The molecule has 0 aliphatic carbocycles. The second-order valence-corrected chi connectivity index (χ2v) is 6.52. The minimum atomic E-state index is -0.430. The lowest BCUT2D eigenvalue weighted by Gasteiger charge is -2.39. The third-order valence-electron chi connectivity index (χ3n) is 4.95. The van der Waals surface area contributed by atoms with Gasteiger partial charge in [0.1, 0.15) is 11.9 Å². The molecule has 2 aliphatic heterocycles. The van der Waals surface area contributed by atoms with Gasteiger partial charge in [-0.05, 0) is 37.6 Å². The minimum Gasteiger partial charge on any atom is -0.379 e. The highest BCUT2D eigenvalue weighted by Gasteiger charge is 2.34. The first kappa shape index (κ1) is 17.3. The van der Waals surface area contributed by atoms with Crippen molar-refractivity contribution >= 4 is 5.91 Å². The molecule has 2 saturated heterocycles. The van der Waals surface area contributed by atoms with Gasteiger partial charge >= 0.3 is 0 Å². The number of ether oxygens (including phenoxy) is 1. The van der Waals surface area contributed by atoms with Crippen LogP contribution < -0.4 is 5.32 Å². The van der Waals surface area contributed by atoms with E-state index in [9.17, 15) is 9.18 Å². The molecule has 0 spiro atoms. The largest absolute Gasteiger partial charge is 0.379 e. The number of rotatable bonds is 4. The van der Waals surface area contributed by atoms with E-state index in [2.05, 4.69) is 10.2 Å². The molecule has 132 valence electrons. The van der Waals surface area contributed by atoms with E-state index in [1.165, 1.54) is 12.1 Å². The maximum Gasteiger partial charge on any atom is 0.244 e. The van der Waals surface area contributed by atoms with E-state index in [0.29, 0.717) is 38.9 Å². The summed E-state index contributed by atoms with van der Waals surface area (Å²) in [5.74, 6) is -0.229. The van der Waals surface area contributed by atoms with E-state index < -0.39 is 6.04 Å². The first-order valence-electron chi connectivity index (χ1n) is 8.72. The van der Waals surface area contributed by atoms with Crippen LogP contribution in [0.5, 0.6) is 0 Å². The fourth-order valence-electron chi connectivity index (χ4n) is 3.61. The van der Waals surface area contributed by atoms with Gasteiger partial charge in [-0.1, -0.05) is 12.1 Å². The average Bonchev–Trinajstić information content (AvgIpc) is 2.63. The minimum absolute atomic E-state index is 0.0717. The van der Waals surface area contributed by atoms with Crippen molar-refractivity contribution in [3.05, 3.63) is 35.6 Å². The summed E-state index contributed by atoms with van der Waals surface area (Å²) < 4.78 is 19.2. The summed E-state index contributed by atoms with van der Waals surface area (Å²) in [6.45, 7) is 4.08. The SMILES string of the molecule is CNC1CCCN(C(=O)C(c2cccc(F)c2)N2CCOCC2)C1. The van der Waals surface area contributed by atoms with Gasteiger partial charge in [-0.2, -0.15) is 0 Å². The third-order valence-corrected chi connectivity index (χ3v) is 4.95. The van der Waals surface area contributed by atoms with Gasteiger partial charge in [0.25, 0.3) is 0 Å². The Bertz CT molecular complexity index is 563. The summed E-state index contributed by atoms with van der Waals surface area (Å²) >= 11 is 0. The molecule has 1 aromatic carbocycles. The first-order valence-corrected chi connectivity index (χ1v) is 8.72. The second kappa shape index (κ2) is 8.05. The quantitative estimate of drug-likeness (QED) is 0.904. The lowest BCUT2D eigenvalue weighted by molar-refractivity contribution is -0.140. The van der Waals surface area contributed by atoms with E-state index in [-0.39, 0.29) is 11.7 Å². The number of morpholine rings is 1. The maximum absolute atomic E-state index is 13.7. The number of hydrogen-bond donors (Lipinski definition) is 1. The van der Waals surface area contributed by atoms with E-state index in [1.807, 2.05) is 18.0 Å². The number of likely N-dealkylation sites (N-methyl/N-ethyl adjacent to an activating group) is 1. The van der Waals surface area contributed by atoms with Crippen molar-refractivity contribution in [2.24, 2.45) is 0 Å². The Balaban J connectivity index is 1.84. The van der Waals surface area contributed by atoms with Gasteiger partial charge in [0.2, 0.25) is 5.91 Å². The summed E-state index contributed by atoms with van der Waals surface area (Å²) in [6.07, 6.45) is 2.08. The van der Waals surface area contributed by atoms with Crippen LogP contribution in [-0.4, -0.2) is 68.2 Å². The van der Waals surface area contributed by atoms with Gasteiger partial charge in [0, 0.05) is 32.2 Å². The van der Waals surface area contributed by atoms with E-state index >= 15 is 0 Å². The fourth-order valence-corrected chi connectivity index (χ4v) is 3.61. The van der Waals surface area contributed by atoms with Crippen molar-refractivity contribution in [3.63, 3.8) is 0 Å². The molecule has 1 aromatic rings. The van der Waals surface area contributed by atoms with Gasteiger partial charge in [-0.15, -0.1) is 0 Å². The van der Waals surface area contributed by atoms with Crippen molar-refractivity contribution in [2.45, 2.75) is 24.9 Å². The number of nitrogens with one attached hydrogen (secondary N) is 1. The molecule has 1 N–H and O–H groups in total. The Morgan fingerprint density at radius 2 is 2.12 bits per heavy atom. The average molecular weight is 335 g/mol. The number of likely N-dealkylation sites (tertiary alicyclic amines) is 1. The zero-order chi connectivity index (χ0) is 16.9. The summed E-state index contributed by atoms with van der Waals surface area (Å²) in [5, 5.41) is 3.27. The standard InChI is InChI=1S/C18H26FN3O2/c1-20-16-6-3-7-22(13-16)18(23)17(21-8-10-24-11-9-21)14-4-2-5-15(19)12-14/h2,4-5,12,16-17,20H,3,6-11,13H2,1H3. The van der Waals surface area contributed by atoms with Crippen LogP contribution in [0.2, 0.25) is 0 Å². The topological polar surface area (TPSA) is 44.8 Å². The molecule has 2 fully saturated rings. The molecule has 2 unspecified atom stereocenters. The van der Waals surface area contributed by atoms with Crippen LogP contribution in [0.3, 0.4) is 0 Å². The fraction of sp³-hybridized carbons (Fsp3) is 0.611. The normalized spacial score (nSPS) is 23.9. The lowest BCUT2D eigenvalue weighted by Crippen LogP contribution is -2.52. The summed E-state index contributed by atoms with van der Waals surface area (Å²) in [6, 6.07) is 6.33. The Labute approximate surface area is 142 Å². The summed E-state index contributed by atoms with van der Waals surface area (Å²) in [5.41, 5.74) is 0.730. The Kier molecular flexibility index (Phi) is 5.81. The van der Waals surface area contributed by atoms with Gasteiger partial charge in [-0.25, -0.2) is 4.39 Å². The number of nitrogens with zero attached hydrogens (tertiary/aromatic N) is 2. The molecule has 3 rings (SSSR count). The Morgan fingerprint density at radius 1 is 1.33 bits per heavy atom. The van der Waals surface area contributed by atoms with Crippen molar-refractivity contribution < 1.29 is 13.9 Å². The van der Waals surface area contributed by atoms with Crippen LogP contribution >= 0.6 is 0 Å². The molecular weight excluding hydrogens is 309 g/mol. The Morgan fingerprint density at radius 3 is 2.83 bits per heavy atom. The number of benzene rings is 1. The van der Waals surface area contributed by atoms with Crippen molar-refractivity contribution in [1.82, 2.24) is 15.1 Å². The van der Waals surface area contributed by atoms with Gasteiger partial charge in [0.05, 0.1) is 13.2 Å². The number of piperidine rings is 1.